The van der Waals surface area contributed by atoms with Gasteiger partial charge in [0.2, 0.25) is 0 Å². The summed E-state index contributed by atoms with van der Waals surface area (Å²) in [7, 11) is 4.42. The van der Waals surface area contributed by atoms with Crippen molar-refractivity contribution in [3.8, 4) is 0 Å². The van der Waals surface area contributed by atoms with Gasteiger partial charge < -0.3 is 19.5 Å². The van der Waals surface area contributed by atoms with Crippen LogP contribution in [0.25, 0.3) is 0 Å². The maximum Gasteiger partial charge on any atom is 0.337 e. The van der Waals surface area contributed by atoms with E-state index >= 15 is 0 Å². The van der Waals surface area contributed by atoms with Crippen molar-refractivity contribution >= 4 is 23.3 Å². The van der Waals surface area contributed by atoms with Gasteiger partial charge in [0.05, 0.1) is 29.9 Å². The SMILES string of the molecule is COC(=O)c1ccc(Cl)c(NCC(OC)OC)c1. The van der Waals surface area contributed by atoms with Crippen molar-refractivity contribution in [2.45, 2.75) is 6.29 Å². The molecule has 0 saturated heterocycles. The van der Waals surface area contributed by atoms with Crippen LogP contribution >= 0.6 is 11.6 Å². The van der Waals surface area contributed by atoms with E-state index in [0.717, 1.165) is 0 Å². The summed E-state index contributed by atoms with van der Waals surface area (Å²) in [5, 5.41) is 3.55. The van der Waals surface area contributed by atoms with Crippen LogP contribution in [0.3, 0.4) is 0 Å². The minimum absolute atomic E-state index is 0.386. The van der Waals surface area contributed by atoms with Crippen LogP contribution < -0.4 is 5.32 Å². The zero-order chi connectivity index (χ0) is 13.5. The molecule has 0 fully saturated rings. The number of benzene rings is 1. The molecule has 100 valence electrons. The minimum atomic E-state index is -0.412. The highest BCUT2D eigenvalue weighted by Crippen LogP contribution is 2.23. The predicted octanol–water partition coefficient (Wildman–Crippen LogP) is 2.16. The van der Waals surface area contributed by atoms with Crippen molar-refractivity contribution in [2.24, 2.45) is 0 Å². The Labute approximate surface area is 111 Å². The van der Waals surface area contributed by atoms with Gasteiger partial charge in [-0.15, -0.1) is 0 Å². The molecule has 5 nitrogen and oxygen atoms in total. The van der Waals surface area contributed by atoms with E-state index in [2.05, 4.69) is 10.1 Å². The lowest BCUT2D eigenvalue weighted by Gasteiger charge is -2.16. The van der Waals surface area contributed by atoms with Gasteiger partial charge in [-0.05, 0) is 18.2 Å². The molecule has 1 rings (SSSR count). The molecule has 0 atom stereocenters. The molecule has 0 bridgehead atoms. The second-order valence-corrected chi connectivity index (χ2v) is 3.88. The minimum Gasteiger partial charge on any atom is -0.465 e. The number of carbonyl (C=O) groups excluding carboxylic acids is 1. The van der Waals surface area contributed by atoms with Gasteiger partial charge in [0.25, 0.3) is 0 Å². The molecule has 0 aliphatic carbocycles. The van der Waals surface area contributed by atoms with Crippen LogP contribution in [0.2, 0.25) is 5.02 Å². The van der Waals surface area contributed by atoms with E-state index in [9.17, 15) is 4.79 Å². The van der Waals surface area contributed by atoms with Crippen molar-refractivity contribution < 1.29 is 19.0 Å². The molecule has 6 heteroatoms. The smallest absolute Gasteiger partial charge is 0.337 e. The fourth-order valence-electron chi connectivity index (χ4n) is 1.36. The Hall–Kier alpha value is -1.30. The Morgan fingerprint density at radius 3 is 2.56 bits per heavy atom. The molecule has 0 aliphatic rings. The molecule has 0 amide bonds. The number of carbonyl (C=O) groups is 1. The number of anilines is 1. The number of esters is 1. The van der Waals surface area contributed by atoms with Crippen molar-refractivity contribution in [1.29, 1.82) is 0 Å². The van der Waals surface area contributed by atoms with Gasteiger partial charge in [0.1, 0.15) is 0 Å². The normalized spacial score (nSPS) is 10.5. The lowest BCUT2D eigenvalue weighted by Crippen LogP contribution is -2.23. The summed E-state index contributed by atoms with van der Waals surface area (Å²) < 4.78 is 14.7. The van der Waals surface area contributed by atoms with Crippen LogP contribution in [0.15, 0.2) is 18.2 Å². The van der Waals surface area contributed by atoms with Crippen LogP contribution in [-0.2, 0) is 14.2 Å². The maximum atomic E-state index is 11.4. The van der Waals surface area contributed by atoms with Gasteiger partial charge in [-0.1, -0.05) is 11.6 Å². The summed E-state index contributed by atoms with van der Waals surface area (Å²) in [6.45, 7) is 0.414. The Kier molecular flexibility index (Phi) is 5.91. The van der Waals surface area contributed by atoms with Gasteiger partial charge >= 0.3 is 5.97 Å². The summed E-state index contributed by atoms with van der Waals surface area (Å²) in [6.07, 6.45) is -0.386. The molecule has 18 heavy (non-hydrogen) atoms. The van der Waals surface area contributed by atoms with E-state index in [0.29, 0.717) is 22.8 Å². The molecule has 0 aromatic heterocycles. The van der Waals surface area contributed by atoms with Crippen LogP contribution in [0.4, 0.5) is 5.69 Å². The summed E-state index contributed by atoms with van der Waals surface area (Å²) in [5.74, 6) is -0.412. The van der Waals surface area contributed by atoms with Crippen molar-refractivity contribution in [1.82, 2.24) is 0 Å². The molecule has 0 unspecified atom stereocenters. The summed E-state index contributed by atoms with van der Waals surface area (Å²) in [5.41, 5.74) is 1.05. The van der Waals surface area contributed by atoms with E-state index in [-0.39, 0.29) is 6.29 Å². The zero-order valence-electron chi connectivity index (χ0n) is 10.5. The second-order valence-electron chi connectivity index (χ2n) is 3.47. The molecule has 0 radical (unpaired) electrons. The topological polar surface area (TPSA) is 56.8 Å². The first-order valence-corrected chi connectivity index (χ1v) is 5.67. The first-order chi connectivity index (χ1) is 8.62. The third-order valence-corrected chi connectivity index (χ3v) is 2.70. The second kappa shape index (κ2) is 7.20. The van der Waals surface area contributed by atoms with E-state index < -0.39 is 5.97 Å². The summed E-state index contributed by atoms with van der Waals surface area (Å²) >= 11 is 6.02. The number of halogens is 1. The number of hydrogen-bond donors (Lipinski definition) is 1. The lowest BCUT2D eigenvalue weighted by molar-refractivity contribution is -0.0914. The lowest BCUT2D eigenvalue weighted by atomic mass is 10.2. The fraction of sp³-hybridized carbons (Fsp3) is 0.417. The largest absolute Gasteiger partial charge is 0.465 e. The summed E-state index contributed by atoms with van der Waals surface area (Å²) in [6, 6.07) is 4.85. The monoisotopic (exact) mass is 273 g/mol. The molecular weight excluding hydrogens is 258 g/mol. The molecule has 1 N–H and O–H groups in total. The van der Waals surface area contributed by atoms with Crippen LogP contribution in [0, 0.1) is 0 Å². The molecule has 0 saturated carbocycles. The van der Waals surface area contributed by atoms with Gasteiger partial charge in [-0.25, -0.2) is 4.79 Å². The molecule has 0 heterocycles. The van der Waals surface area contributed by atoms with E-state index in [1.54, 1.807) is 32.4 Å². The van der Waals surface area contributed by atoms with Crippen molar-refractivity contribution in [3.05, 3.63) is 28.8 Å². The highest BCUT2D eigenvalue weighted by molar-refractivity contribution is 6.33. The Bertz CT molecular complexity index is 407. The highest BCUT2D eigenvalue weighted by atomic mass is 35.5. The highest BCUT2D eigenvalue weighted by Gasteiger charge is 2.10. The van der Waals surface area contributed by atoms with E-state index in [1.807, 2.05) is 0 Å². The third-order valence-electron chi connectivity index (χ3n) is 2.37. The number of rotatable bonds is 6. The average Bonchev–Trinajstić information content (AvgIpc) is 2.40. The van der Waals surface area contributed by atoms with Gasteiger partial charge in [-0.2, -0.15) is 0 Å². The van der Waals surface area contributed by atoms with Gasteiger partial charge in [0, 0.05) is 14.2 Å². The van der Waals surface area contributed by atoms with Crippen LogP contribution in [0.5, 0.6) is 0 Å². The number of ether oxygens (including phenoxy) is 3. The van der Waals surface area contributed by atoms with E-state index in [1.165, 1.54) is 7.11 Å². The Morgan fingerprint density at radius 1 is 1.33 bits per heavy atom. The predicted molar refractivity (Wildman–Crippen MR) is 69.1 cm³/mol. The van der Waals surface area contributed by atoms with Crippen LogP contribution in [-0.4, -0.2) is 40.1 Å². The first kappa shape index (κ1) is 14.8. The van der Waals surface area contributed by atoms with Gasteiger partial charge in [0.15, 0.2) is 6.29 Å². The first-order valence-electron chi connectivity index (χ1n) is 5.29. The molecule has 1 aromatic carbocycles. The summed E-state index contributed by atoms with van der Waals surface area (Å²) in [4.78, 5) is 11.4. The number of nitrogens with one attached hydrogen (secondary N) is 1. The molecule has 0 spiro atoms. The van der Waals surface area contributed by atoms with E-state index in [4.69, 9.17) is 21.1 Å². The zero-order valence-corrected chi connectivity index (χ0v) is 11.3. The fourth-order valence-corrected chi connectivity index (χ4v) is 1.55. The quantitative estimate of drug-likeness (QED) is 0.636. The molecule has 1 aromatic rings. The third kappa shape index (κ3) is 3.87. The maximum absolute atomic E-state index is 11.4. The Balaban J connectivity index is 2.78. The van der Waals surface area contributed by atoms with Crippen molar-refractivity contribution in [2.75, 3.05) is 33.2 Å². The van der Waals surface area contributed by atoms with Crippen molar-refractivity contribution in [3.63, 3.8) is 0 Å². The molecular formula is C12H16ClNO4. The van der Waals surface area contributed by atoms with Crippen LogP contribution in [0.1, 0.15) is 10.4 Å². The molecule has 0 aliphatic heterocycles. The average molecular weight is 274 g/mol. The van der Waals surface area contributed by atoms with Gasteiger partial charge in [-0.3, -0.25) is 0 Å². The Morgan fingerprint density at radius 2 is 2.00 bits per heavy atom. The number of hydrogen-bond acceptors (Lipinski definition) is 5. The standard InChI is InChI=1S/C12H16ClNO4/c1-16-11(17-2)7-14-10-6-8(12(15)18-3)4-5-9(10)13/h4-6,11,14H,7H2,1-3H3. The number of methoxy groups -OCH3 is 3.